The third-order valence-electron chi connectivity index (χ3n) is 4.19. The average Bonchev–Trinajstić information content (AvgIpc) is 2.72. The van der Waals surface area contributed by atoms with Gasteiger partial charge < -0.3 is 19.1 Å². The van der Waals surface area contributed by atoms with E-state index >= 15 is 0 Å². The average molecular weight is 382 g/mol. The zero-order valence-electron chi connectivity index (χ0n) is 16.3. The van der Waals surface area contributed by atoms with Crippen molar-refractivity contribution >= 4 is 23.6 Å². The number of hydrogen-bond donors (Lipinski definition) is 0. The Kier molecular flexibility index (Phi) is 7.03. The van der Waals surface area contributed by atoms with Crippen LogP contribution >= 0.6 is 0 Å². The maximum absolute atomic E-state index is 11.5. The van der Waals surface area contributed by atoms with Crippen molar-refractivity contribution < 1.29 is 19.0 Å². The van der Waals surface area contributed by atoms with Gasteiger partial charge in [-0.05, 0) is 67.9 Å². The van der Waals surface area contributed by atoms with Crippen molar-refractivity contribution in [3.8, 4) is 5.75 Å². The fourth-order valence-corrected chi connectivity index (χ4v) is 2.81. The van der Waals surface area contributed by atoms with E-state index in [1.165, 1.54) is 5.69 Å². The van der Waals surface area contributed by atoms with Crippen LogP contribution in [0, 0.1) is 0 Å². The van der Waals surface area contributed by atoms with Gasteiger partial charge in [0, 0.05) is 25.0 Å². The van der Waals surface area contributed by atoms with Gasteiger partial charge in [-0.2, -0.15) is 0 Å². The molecule has 0 bridgehead atoms. The molecule has 0 aromatic heterocycles. The third kappa shape index (κ3) is 6.09. The maximum Gasteiger partial charge on any atom is 0.344 e. The zero-order valence-corrected chi connectivity index (χ0v) is 16.3. The van der Waals surface area contributed by atoms with Crippen molar-refractivity contribution in [1.82, 2.24) is 0 Å². The van der Waals surface area contributed by atoms with Crippen LogP contribution in [0.1, 0.15) is 19.4 Å². The highest BCUT2D eigenvalue weighted by atomic mass is 16.6. The molecule has 0 unspecified atom stereocenters. The number of morpholine rings is 1. The Morgan fingerprint density at radius 1 is 1.11 bits per heavy atom. The Labute approximate surface area is 165 Å². The smallest absolute Gasteiger partial charge is 0.344 e. The number of aliphatic imine (C=N–C) groups is 1. The summed E-state index contributed by atoms with van der Waals surface area (Å²) in [5.74, 6) is 0.244. The second-order valence-corrected chi connectivity index (χ2v) is 6.77. The molecule has 0 radical (unpaired) electrons. The highest BCUT2D eigenvalue weighted by molar-refractivity contribution is 5.82. The minimum Gasteiger partial charge on any atom is -0.482 e. The molecule has 1 aliphatic heterocycles. The van der Waals surface area contributed by atoms with Crippen molar-refractivity contribution in [1.29, 1.82) is 0 Å². The lowest BCUT2D eigenvalue weighted by atomic mass is 10.2. The van der Waals surface area contributed by atoms with Crippen LogP contribution < -0.4 is 9.64 Å². The SMILES string of the molecule is CC(C)OC(=O)COc1ccc(C=Nc2ccc(N3CCOCC3)cc2)cc1. The molecule has 0 N–H and O–H groups in total. The topological polar surface area (TPSA) is 60.4 Å². The van der Waals surface area contributed by atoms with Crippen LogP contribution in [0.15, 0.2) is 53.5 Å². The molecular weight excluding hydrogens is 356 g/mol. The first-order valence-electron chi connectivity index (χ1n) is 9.49. The molecule has 0 amide bonds. The lowest BCUT2D eigenvalue weighted by molar-refractivity contribution is -0.149. The van der Waals surface area contributed by atoms with Gasteiger partial charge in [-0.1, -0.05) is 0 Å². The summed E-state index contributed by atoms with van der Waals surface area (Å²) < 4.78 is 15.8. The molecule has 2 aromatic carbocycles. The van der Waals surface area contributed by atoms with Gasteiger partial charge in [-0.15, -0.1) is 0 Å². The Morgan fingerprint density at radius 3 is 2.43 bits per heavy atom. The zero-order chi connectivity index (χ0) is 19.8. The van der Waals surface area contributed by atoms with Crippen LogP contribution in [0.5, 0.6) is 5.75 Å². The van der Waals surface area contributed by atoms with E-state index in [1.54, 1.807) is 6.21 Å². The van der Waals surface area contributed by atoms with Gasteiger partial charge in [-0.3, -0.25) is 4.99 Å². The predicted molar refractivity (Wildman–Crippen MR) is 110 cm³/mol. The van der Waals surface area contributed by atoms with E-state index in [4.69, 9.17) is 14.2 Å². The Bertz CT molecular complexity index is 779. The summed E-state index contributed by atoms with van der Waals surface area (Å²) in [5, 5.41) is 0. The summed E-state index contributed by atoms with van der Waals surface area (Å²) in [4.78, 5) is 18.3. The minimum absolute atomic E-state index is 0.0961. The van der Waals surface area contributed by atoms with Crippen molar-refractivity contribution in [3.63, 3.8) is 0 Å². The fraction of sp³-hybridized carbons (Fsp3) is 0.364. The van der Waals surface area contributed by atoms with E-state index in [2.05, 4.69) is 22.0 Å². The molecule has 6 nitrogen and oxygen atoms in total. The minimum atomic E-state index is -0.374. The fourth-order valence-electron chi connectivity index (χ4n) is 2.81. The van der Waals surface area contributed by atoms with E-state index < -0.39 is 0 Å². The summed E-state index contributed by atoms with van der Waals surface area (Å²) in [5.41, 5.74) is 3.04. The van der Waals surface area contributed by atoms with Crippen LogP contribution in [0.4, 0.5) is 11.4 Å². The normalized spacial score (nSPS) is 14.5. The van der Waals surface area contributed by atoms with Gasteiger partial charge in [0.15, 0.2) is 6.61 Å². The van der Waals surface area contributed by atoms with E-state index in [9.17, 15) is 4.79 Å². The van der Waals surface area contributed by atoms with Crippen LogP contribution in [0.3, 0.4) is 0 Å². The Morgan fingerprint density at radius 2 is 1.79 bits per heavy atom. The van der Waals surface area contributed by atoms with Gasteiger partial charge in [0.25, 0.3) is 0 Å². The Balaban J connectivity index is 1.52. The van der Waals surface area contributed by atoms with Crippen molar-refractivity contribution in [3.05, 3.63) is 54.1 Å². The van der Waals surface area contributed by atoms with E-state index in [-0.39, 0.29) is 18.7 Å². The molecule has 0 atom stereocenters. The monoisotopic (exact) mass is 382 g/mol. The molecule has 28 heavy (non-hydrogen) atoms. The van der Waals surface area contributed by atoms with Gasteiger partial charge in [-0.25, -0.2) is 4.79 Å². The second-order valence-electron chi connectivity index (χ2n) is 6.77. The van der Waals surface area contributed by atoms with Gasteiger partial charge in [0.1, 0.15) is 5.75 Å². The lowest BCUT2D eigenvalue weighted by Crippen LogP contribution is -2.36. The molecule has 0 aliphatic carbocycles. The number of carbonyl (C=O) groups excluding carboxylic acids is 1. The van der Waals surface area contributed by atoms with E-state index in [1.807, 2.05) is 50.2 Å². The molecule has 148 valence electrons. The number of carbonyl (C=O) groups is 1. The molecule has 1 aliphatic rings. The van der Waals surface area contributed by atoms with Crippen LogP contribution in [0.25, 0.3) is 0 Å². The second kappa shape index (κ2) is 9.90. The largest absolute Gasteiger partial charge is 0.482 e. The summed E-state index contributed by atoms with van der Waals surface area (Å²) in [6, 6.07) is 15.6. The van der Waals surface area contributed by atoms with E-state index in [0.717, 1.165) is 37.6 Å². The lowest BCUT2D eigenvalue weighted by Gasteiger charge is -2.28. The first kappa shape index (κ1) is 19.9. The van der Waals surface area contributed by atoms with Crippen molar-refractivity contribution in [2.45, 2.75) is 20.0 Å². The first-order chi connectivity index (χ1) is 13.6. The maximum atomic E-state index is 11.5. The summed E-state index contributed by atoms with van der Waals surface area (Å²) >= 11 is 0. The Hall–Kier alpha value is -2.86. The number of hydrogen-bond acceptors (Lipinski definition) is 6. The number of anilines is 1. The van der Waals surface area contributed by atoms with Crippen molar-refractivity contribution in [2.24, 2.45) is 4.99 Å². The molecule has 6 heteroatoms. The number of esters is 1. The van der Waals surface area contributed by atoms with Gasteiger partial charge >= 0.3 is 5.97 Å². The molecular formula is C22H26N2O4. The quantitative estimate of drug-likeness (QED) is 0.541. The number of benzene rings is 2. The molecule has 1 heterocycles. The van der Waals surface area contributed by atoms with Gasteiger partial charge in [0.05, 0.1) is 25.0 Å². The molecule has 2 aromatic rings. The van der Waals surface area contributed by atoms with Gasteiger partial charge in [0.2, 0.25) is 0 Å². The third-order valence-corrected chi connectivity index (χ3v) is 4.19. The number of ether oxygens (including phenoxy) is 3. The molecule has 1 saturated heterocycles. The van der Waals surface area contributed by atoms with Crippen LogP contribution in [0.2, 0.25) is 0 Å². The number of rotatable bonds is 7. The molecule has 0 saturated carbocycles. The molecule has 3 rings (SSSR count). The summed E-state index contributed by atoms with van der Waals surface area (Å²) in [6.07, 6.45) is 1.67. The molecule has 0 spiro atoms. The highest BCUT2D eigenvalue weighted by Gasteiger charge is 2.10. The summed E-state index contributed by atoms with van der Waals surface area (Å²) in [7, 11) is 0. The van der Waals surface area contributed by atoms with Crippen LogP contribution in [-0.2, 0) is 14.3 Å². The summed E-state index contributed by atoms with van der Waals surface area (Å²) in [6.45, 7) is 6.92. The van der Waals surface area contributed by atoms with E-state index in [0.29, 0.717) is 5.75 Å². The highest BCUT2D eigenvalue weighted by Crippen LogP contribution is 2.21. The molecule has 1 fully saturated rings. The van der Waals surface area contributed by atoms with Crippen LogP contribution in [-0.4, -0.2) is 51.2 Å². The number of nitrogens with zero attached hydrogens (tertiary/aromatic N) is 2. The van der Waals surface area contributed by atoms with Crippen molar-refractivity contribution in [2.75, 3.05) is 37.8 Å². The standard InChI is InChI=1S/C22H26N2O4/c1-17(2)28-22(25)16-27-21-9-3-18(4-10-21)15-23-19-5-7-20(8-6-19)24-11-13-26-14-12-24/h3-10,15,17H,11-14,16H2,1-2H3. The predicted octanol–water partition coefficient (Wildman–Crippen LogP) is 3.60. The first-order valence-corrected chi connectivity index (χ1v) is 9.49.